The van der Waals surface area contributed by atoms with Gasteiger partial charge in [-0.3, -0.25) is 9.97 Å². The number of hydrogen-bond acceptors (Lipinski definition) is 7. The van der Waals surface area contributed by atoms with Gasteiger partial charge < -0.3 is 4.57 Å². The summed E-state index contributed by atoms with van der Waals surface area (Å²) in [5.41, 5.74) is 3.26. The molecule has 7 nitrogen and oxygen atoms in total. The predicted molar refractivity (Wildman–Crippen MR) is 112 cm³/mol. The van der Waals surface area contributed by atoms with Crippen LogP contribution in [-0.4, -0.2) is 39.2 Å². The predicted octanol–water partition coefficient (Wildman–Crippen LogP) is 3.40. The van der Waals surface area contributed by atoms with Gasteiger partial charge in [0.25, 0.3) is 0 Å². The molecule has 4 rings (SSSR count). The van der Waals surface area contributed by atoms with Gasteiger partial charge in [0.05, 0.1) is 31.9 Å². The Balaban J connectivity index is 1.79. The zero-order valence-corrected chi connectivity index (χ0v) is 17.8. The molecule has 1 aromatic carbocycles. The van der Waals surface area contributed by atoms with E-state index in [9.17, 15) is 8.42 Å². The Morgan fingerprint density at radius 2 is 1.93 bits per heavy atom. The zero-order chi connectivity index (χ0) is 20.6. The maximum absolute atomic E-state index is 12.3. The smallest absolute Gasteiger partial charge is 0.177 e. The second-order valence-corrected chi connectivity index (χ2v) is 9.76. The van der Waals surface area contributed by atoms with Crippen molar-refractivity contribution >= 4 is 21.2 Å². The Labute approximate surface area is 173 Å². The molecule has 0 aliphatic rings. The van der Waals surface area contributed by atoms with E-state index in [1.807, 2.05) is 26.0 Å². The lowest BCUT2D eigenvalue weighted by Crippen LogP contribution is -2.06. The van der Waals surface area contributed by atoms with Gasteiger partial charge in [-0.05, 0) is 31.5 Å². The van der Waals surface area contributed by atoms with Crippen LogP contribution in [0.15, 0.2) is 54.1 Å². The second-order valence-electron chi connectivity index (χ2n) is 6.69. The number of benzene rings is 1. The van der Waals surface area contributed by atoms with E-state index in [-0.39, 0.29) is 4.90 Å². The minimum Gasteiger partial charge on any atom is -0.303 e. The maximum atomic E-state index is 12.3. The lowest BCUT2D eigenvalue weighted by molar-refractivity contribution is 0.601. The fourth-order valence-electron chi connectivity index (χ4n) is 3.16. The normalized spacial score (nSPS) is 11.7. The van der Waals surface area contributed by atoms with Gasteiger partial charge in [-0.15, -0.1) is 11.3 Å². The van der Waals surface area contributed by atoms with Crippen LogP contribution in [0.5, 0.6) is 0 Å². The number of rotatable bonds is 5. The largest absolute Gasteiger partial charge is 0.303 e. The van der Waals surface area contributed by atoms with Gasteiger partial charge in [0.1, 0.15) is 5.82 Å². The first-order valence-corrected chi connectivity index (χ1v) is 11.6. The van der Waals surface area contributed by atoms with E-state index in [4.69, 9.17) is 0 Å². The second kappa shape index (κ2) is 7.49. The first kappa shape index (κ1) is 19.4. The molecule has 0 bridgehead atoms. The van der Waals surface area contributed by atoms with Crippen molar-refractivity contribution in [2.75, 3.05) is 6.26 Å². The maximum Gasteiger partial charge on any atom is 0.177 e. The first-order valence-electron chi connectivity index (χ1n) is 8.89. The summed E-state index contributed by atoms with van der Waals surface area (Å²) in [7, 11) is -3.40. The molecule has 0 amide bonds. The summed E-state index contributed by atoms with van der Waals surface area (Å²) in [4.78, 5) is 18.6. The van der Waals surface area contributed by atoms with E-state index >= 15 is 0 Å². The molecule has 0 aliphatic heterocycles. The summed E-state index contributed by atoms with van der Waals surface area (Å²) >= 11 is 1.58. The van der Waals surface area contributed by atoms with Crippen molar-refractivity contribution in [2.24, 2.45) is 0 Å². The standard InChI is InChI=1S/C20H19N5O2S2/c1-13-20(28-19(24-13)11-16-12-21-6-7-23-16)15-4-5-18(29(3,26)27)17(10-15)25-9-8-22-14(25)2/h4-10,12H,11H2,1-3H3. The van der Waals surface area contributed by atoms with E-state index in [1.165, 1.54) is 6.26 Å². The summed E-state index contributed by atoms with van der Waals surface area (Å²) < 4.78 is 26.4. The molecule has 29 heavy (non-hydrogen) atoms. The molecule has 0 radical (unpaired) electrons. The van der Waals surface area contributed by atoms with Gasteiger partial charge in [0.2, 0.25) is 0 Å². The minimum absolute atomic E-state index is 0.268. The highest BCUT2D eigenvalue weighted by atomic mass is 32.2. The number of imidazole rings is 1. The molecule has 148 valence electrons. The van der Waals surface area contributed by atoms with E-state index < -0.39 is 9.84 Å². The molecule has 4 aromatic rings. The van der Waals surface area contributed by atoms with Crippen molar-refractivity contribution in [1.29, 1.82) is 0 Å². The van der Waals surface area contributed by atoms with Gasteiger partial charge in [0, 0.05) is 43.7 Å². The molecule has 0 saturated carbocycles. The molecule has 3 heterocycles. The van der Waals surface area contributed by atoms with Crippen LogP contribution in [0.25, 0.3) is 16.1 Å². The third kappa shape index (κ3) is 3.96. The van der Waals surface area contributed by atoms with Crippen molar-refractivity contribution in [3.63, 3.8) is 0 Å². The molecule has 0 fully saturated rings. The van der Waals surface area contributed by atoms with Crippen LogP contribution >= 0.6 is 11.3 Å². The van der Waals surface area contributed by atoms with Gasteiger partial charge in [-0.25, -0.2) is 18.4 Å². The molecule has 3 aromatic heterocycles. The number of sulfone groups is 1. The van der Waals surface area contributed by atoms with Crippen molar-refractivity contribution < 1.29 is 8.42 Å². The molecule has 0 N–H and O–H groups in total. The average molecular weight is 426 g/mol. The van der Waals surface area contributed by atoms with Gasteiger partial charge in [-0.2, -0.15) is 0 Å². The third-order valence-corrected chi connectivity index (χ3v) is 6.85. The van der Waals surface area contributed by atoms with Gasteiger partial charge in [0.15, 0.2) is 9.84 Å². The SMILES string of the molecule is Cc1nc(Cc2cnccn2)sc1-c1ccc(S(C)(=O)=O)c(-n2ccnc2C)c1. The van der Waals surface area contributed by atoms with Crippen LogP contribution in [-0.2, 0) is 16.3 Å². The van der Waals surface area contributed by atoms with Crippen LogP contribution < -0.4 is 0 Å². The fourth-order valence-corrected chi connectivity index (χ4v) is 5.09. The van der Waals surface area contributed by atoms with E-state index in [2.05, 4.69) is 19.9 Å². The quantitative estimate of drug-likeness (QED) is 0.487. The molecule has 0 unspecified atom stereocenters. The zero-order valence-electron chi connectivity index (χ0n) is 16.2. The van der Waals surface area contributed by atoms with Crippen LogP contribution in [0.3, 0.4) is 0 Å². The van der Waals surface area contributed by atoms with Gasteiger partial charge in [-0.1, -0.05) is 6.07 Å². The Morgan fingerprint density at radius 1 is 1.10 bits per heavy atom. The van der Waals surface area contributed by atoms with Crippen molar-refractivity contribution in [2.45, 2.75) is 25.2 Å². The number of aromatic nitrogens is 5. The summed E-state index contributed by atoms with van der Waals surface area (Å²) in [5, 5.41) is 0.936. The summed E-state index contributed by atoms with van der Waals surface area (Å²) in [6, 6.07) is 5.37. The Kier molecular flexibility index (Phi) is 5.01. The number of nitrogens with zero attached hydrogens (tertiary/aromatic N) is 5. The summed E-state index contributed by atoms with van der Waals surface area (Å²) in [5.74, 6) is 0.719. The fraction of sp³-hybridized carbons (Fsp3) is 0.200. The van der Waals surface area contributed by atoms with E-state index in [1.54, 1.807) is 53.0 Å². The lowest BCUT2D eigenvalue weighted by atomic mass is 10.1. The van der Waals surface area contributed by atoms with Gasteiger partial charge >= 0.3 is 0 Å². The molecule has 9 heteroatoms. The first-order chi connectivity index (χ1) is 13.8. The van der Waals surface area contributed by atoms with Crippen LogP contribution in [0.1, 0.15) is 22.2 Å². The molecule has 0 saturated heterocycles. The van der Waals surface area contributed by atoms with Crippen molar-refractivity contribution in [3.05, 3.63) is 71.4 Å². The molecular formula is C20H19N5O2S2. The molecule has 0 spiro atoms. The number of thiazole rings is 1. The monoisotopic (exact) mass is 425 g/mol. The van der Waals surface area contributed by atoms with Crippen molar-refractivity contribution in [1.82, 2.24) is 24.5 Å². The van der Waals surface area contributed by atoms with Crippen LogP contribution in [0.4, 0.5) is 0 Å². The van der Waals surface area contributed by atoms with Crippen LogP contribution in [0, 0.1) is 13.8 Å². The summed E-state index contributed by atoms with van der Waals surface area (Å²) in [6.07, 6.45) is 10.3. The average Bonchev–Trinajstić information content (AvgIpc) is 3.26. The lowest BCUT2D eigenvalue weighted by Gasteiger charge is -2.12. The third-order valence-electron chi connectivity index (χ3n) is 4.50. The van der Waals surface area contributed by atoms with Crippen molar-refractivity contribution in [3.8, 4) is 16.1 Å². The Bertz CT molecular complexity index is 1280. The molecule has 0 aliphatic carbocycles. The molecular weight excluding hydrogens is 406 g/mol. The number of aryl methyl sites for hydroxylation is 2. The number of hydrogen-bond donors (Lipinski definition) is 0. The highest BCUT2D eigenvalue weighted by molar-refractivity contribution is 7.90. The van der Waals surface area contributed by atoms with Crippen LogP contribution in [0.2, 0.25) is 0 Å². The topological polar surface area (TPSA) is 90.6 Å². The minimum atomic E-state index is -3.40. The Hall–Kier alpha value is -2.91. The van der Waals surface area contributed by atoms with E-state index in [0.29, 0.717) is 12.1 Å². The highest BCUT2D eigenvalue weighted by Gasteiger charge is 2.19. The summed E-state index contributed by atoms with van der Waals surface area (Å²) in [6.45, 7) is 3.80. The Morgan fingerprint density at radius 3 is 2.59 bits per heavy atom. The van der Waals surface area contributed by atoms with E-state index in [0.717, 1.165) is 32.7 Å². The molecule has 0 atom stereocenters. The highest BCUT2D eigenvalue weighted by Crippen LogP contribution is 2.34.